The number of anilines is 2. The van der Waals surface area contributed by atoms with E-state index in [1.807, 2.05) is 40.1 Å². The zero-order valence-electron chi connectivity index (χ0n) is 13.6. The van der Waals surface area contributed by atoms with Gasteiger partial charge in [0.2, 0.25) is 5.91 Å². The molecule has 0 aliphatic heterocycles. The SMILES string of the molecule is Cc1nc(C(=O)Nc2cc(NC(=O)CN(C)C)ccc2C)cs1. The fourth-order valence-corrected chi connectivity index (χ4v) is 2.57. The zero-order valence-corrected chi connectivity index (χ0v) is 14.5. The molecule has 6 nitrogen and oxygen atoms in total. The Hall–Kier alpha value is -2.25. The summed E-state index contributed by atoms with van der Waals surface area (Å²) in [6.07, 6.45) is 0. The van der Waals surface area contributed by atoms with Gasteiger partial charge >= 0.3 is 0 Å². The monoisotopic (exact) mass is 332 g/mol. The van der Waals surface area contributed by atoms with Gasteiger partial charge in [0, 0.05) is 16.8 Å². The van der Waals surface area contributed by atoms with Crippen molar-refractivity contribution in [2.45, 2.75) is 13.8 Å². The van der Waals surface area contributed by atoms with Crippen molar-refractivity contribution >= 4 is 34.5 Å². The highest BCUT2D eigenvalue weighted by Gasteiger charge is 2.12. The van der Waals surface area contributed by atoms with Crippen molar-refractivity contribution < 1.29 is 9.59 Å². The molecule has 0 aliphatic carbocycles. The number of nitrogens with zero attached hydrogens (tertiary/aromatic N) is 2. The summed E-state index contributed by atoms with van der Waals surface area (Å²) in [5, 5.41) is 8.22. The first kappa shape index (κ1) is 17.1. The van der Waals surface area contributed by atoms with Crippen LogP contribution in [-0.4, -0.2) is 42.3 Å². The molecule has 2 N–H and O–H groups in total. The molecule has 0 unspecified atom stereocenters. The van der Waals surface area contributed by atoms with E-state index in [1.165, 1.54) is 11.3 Å². The number of benzene rings is 1. The maximum absolute atomic E-state index is 12.2. The lowest BCUT2D eigenvalue weighted by molar-refractivity contribution is -0.116. The number of likely N-dealkylation sites (N-methyl/N-ethyl adjacent to an activating group) is 1. The van der Waals surface area contributed by atoms with E-state index in [2.05, 4.69) is 15.6 Å². The molecule has 0 aliphatic rings. The van der Waals surface area contributed by atoms with Crippen LogP contribution in [0, 0.1) is 13.8 Å². The average Bonchev–Trinajstić information content (AvgIpc) is 2.88. The van der Waals surface area contributed by atoms with E-state index in [0.29, 0.717) is 23.6 Å². The number of amides is 2. The smallest absolute Gasteiger partial charge is 0.275 e. The minimum Gasteiger partial charge on any atom is -0.325 e. The van der Waals surface area contributed by atoms with E-state index in [0.717, 1.165) is 10.6 Å². The largest absolute Gasteiger partial charge is 0.325 e. The third-order valence-electron chi connectivity index (χ3n) is 3.08. The summed E-state index contributed by atoms with van der Waals surface area (Å²) >= 11 is 1.43. The molecule has 0 spiro atoms. The topological polar surface area (TPSA) is 74.3 Å². The Labute approximate surface area is 139 Å². The minimum absolute atomic E-state index is 0.105. The molecule has 2 aromatic rings. The average molecular weight is 332 g/mol. The summed E-state index contributed by atoms with van der Waals surface area (Å²) in [5.41, 5.74) is 2.61. The molecule has 0 bridgehead atoms. The molecule has 23 heavy (non-hydrogen) atoms. The van der Waals surface area contributed by atoms with E-state index >= 15 is 0 Å². The molecule has 7 heteroatoms. The fourth-order valence-electron chi connectivity index (χ4n) is 1.98. The Kier molecular flexibility index (Phi) is 5.46. The number of aryl methyl sites for hydroxylation is 2. The van der Waals surface area contributed by atoms with E-state index in [-0.39, 0.29) is 11.8 Å². The molecule has 0 fully saturated rings. The minimum atomic E-state index is -0.255. The highest BCUT2D eigenvalue weighted by molar-refractivity contribution is 7.09. The number of hydrogen-bond acceptors (Lipinski definition) is 5. The second-order valence-electron chi connectivity index (χ2n) is 5.52. The van der Waals surface area contributed by atoms with Crippen LogP contribution >= 0.6 is 11.3 Å². The lowest BCUT2D eigenvalue weighted by atomic mass is 10.1. The number of rotatable bonds is 5. The molecule has 1 aromatic heterocycles. The number of carbonyl (C=O) groups is 2. The Morgan fingerprint density at radius 2 is 1.96 bits per heavy atom. The van der Waals surface area contributed by atoms with Crippen LogP contribution in [0.25, 0.3) is 0 Å². The van der Waals surface area contributed by atoms with Gasteiger partial charge in [-0.15, -0.1) is 11.3 Å². The molecule has 2 rings (SSSR count). The summed E-state index contributed by atoms with van der Waals surface area (Å²) < 4.78 is 0. The van der Waals surface area contributed by atoms with Gasteiger partial charge in [0.25, 0.3) is 5.91 Å². The molecule has 0 saturated carbocycles. The summed E-state index contributed by atoms with van der Waals surface area (Å²) in [7, 11) is 3.66. The van der Waals surface area contributed by atoms with Gasteiger partial charge in [0.1, 0.15) is 5.69 Å². The molecule has 122 valence electrons. The van der Waals surface area contributed by atoms with Crippen molar-refractivity contribution in [3.8, 4) is 0 Å². The maximum Gasteiger partial charge on any atom is 0.275 e. The Bertz CT molecular complexity index is 725. The number of thiazole rings is 1. The highest BCUT2D eigenvalue weighted by atomic mass is 32.1. The summed E-state index contributed by atoms with van der Waals surface area (Å²) in [6.45, 7) is 4.05. The third-order valence-corrected chi connectivity index (χ3v) is 3.85. The summed E-state index contributed by atoms with van der Waals surface area (Å²) in [5.74, 6) is -0.361. The molecule has 1 heterocycles. The van der Waals surface area contributed by atoms with Crippen LogP contribution in [0.4, 0.5) is 11.4 Å². The van der Waals surface area contributed by atoms with E-state index in [1.54, 1.807) is 16.3 Å². The molecule has 0 radical (unpaired) electrons. The van der Waals surface area contributed by atoms with Crippen LogP contribution < -0.4 is 10.6 Å². The van der Waals surface area contributed by atoms with Crippen LogP contribution in [0.2, 0.25) is 0 Å². The predicted molar refractivity (Wildman–Crippen MR) is 93.2 cm³/mol. The Morgan fingerprint density at radius 1 is 1.22 bits per heavy atom. The van der Waals surface area contributed by atoms with Crippen molar-refractivity contribution in [3.05, 3.63) is 39.8 Å². The van der Waals surface area contributed by atoms with Crippen molar-refractivity contribution in [2.24, 2.45) is 0 Å². The first-order chi connectivity index (χ1) is 10.8. The fraction of sp³-hybridized carbons (Fsp3) is 0.312. The van der Waals surface area contributed by atoms with Crippen LogP contribution in [0.3, 0.4) is 0 Å². The Morgan fingerprint density at radius 3 is 2.57 bits per heavy atom. The number of aromatic nitrogens is 1. The van der Waals surface area contributed by atoms with Gasteiger partial charge in [-0.1, -0.05) is 6.07 Å². The van der Waals surface area contributed by atoms with Crippen LogP contribution in [0.1, 0.15) is 21.1 Å². The maximum atomic E-state index is 12.2. The summed E-state index contributed by atoms with van der Waals surface area (Å²) in [6, 6.07) is 5.42. The van der Waals surface area contributed by atoms with Crippen LogP contribution in [-0.2, 0) is 4.79 Å². The van der Waals surface area contributed by atoms with Crippen LogP contribution in [0.15, 0.2) is 23.6 Å². The molecule has 1 aromatic carbocycles. The quantitative estimate of drug-likeness (QED) is 0.882. The lowest BCUT2D eigenvalue weighted by Gasteiger charge is -2.13. The Balaban J connectivity index is 2.11. The summed E-state index contributed by atoms with van der Waals surface area (Å²) in [4.78, 5) is 30.0. The van der Waals surface area contributed by atoms with Gasteiger partial charge < -0.3 is 15.5 Å². The number of hydrogen-bond donors (Lipinski definition) is 2. The lowest BCUT2D eigenvalue weighted by Crippen LogP contribution is -2.27. The third kappa shape index (κ3) is 4.87. The molecular formula is C16H20N4O2S. The van der Waals surface area contributed by atoms with E-state index in [4.69, 9.17) is 0 Å². The van der Waals surface area contributed by atoms with Gasteiger partial charge in [-0.2, -0.15) is 0 Å². The van der Waals surface area contributed by atoms with Gasteiger partial charge in [-0.05, 0) is 45.6 Å². The number of carbonyl (C=O) groups excluding carboxylic acids is 2. The highest BCUT2D eigenvalue weighted by Crippen LogP contribution is 2.21. The van der Waals surface area contributed by atoms with E-state index in [9.17, 15) is 9.59 Å². The van der Waals surface area contributed by atoms with E-state index < -0.39 is 0 Å². The standard InChI is InChI=1S/C16H20N4O2S/c1-10-5-6-12(18-15(21)8-20(3)4)7-13(10)19-16(22)14-9-23-11(2)17-14/h5-7,9H,8H2,1-4H3,(H,18,21)(H,19,22). The molecular weight excluding hydrogens is 312 g/mol. The van der Waals surface area contributed by atoms with Crippen molar-refractivity contribution in [2.75, 3.05) is 31.3 Å². The molecule has 0 saturated heterocycles. The zero-order chi connectivity index (χ0) is 17.0. The second-order valence-corrected chi connectivity index (χ2v) is 6.58. The van der Waals surface area contributed by atoms with Crippen LogP contribution in [0.5, 0.6) is 0 Å². The van der Waals surface area contributed by atoms with Crippen molar-refractivity contribution in [1.29, 1.82) is 0 Å². The van der Waals surface area contributed by atoms with Crippen molar-refractivity contribution in [3.63, 3.8) is 0 Å². The first-order valence-corrected chi connectivity index (χ1v) is 8.02. The normalized spacial score (nSPS) is 10.7. The first-order valence-electron chi connectivity index (χ1n) is 7.14. The van der Waals surface area contributed by atoms with Gasteiger partial charge in [0.05, 0.1) is 11.6 Å². The molecule has 0 atom stereocenters. The van der Waals surface area contributed by atoms with Crippen molar-refractivity contribution in [1.82, 2.24) is 9.88 Å². The van der Waals surface area contributed by atoms with Gasteiger partial charge in [0.15, 0.2) is 0 Å². The predicted octanol–water partition coefficient (Wildman–Crippen LogP) is 2.51. The second kappa shape index (κ2) is 7.34. The number of nitrogens with one attached hydrogen (secondary N) is 2. The van der Waals surface area contributed by atoms with Gasteiger partial charge in [-0.3, -0.25) is 9.59 Å². The molecule has 2 amide bonds. The van der Waals surface area contributed by atoms with Gasteiger partial charge in [-0.25, -0.2) is 4.98 Å².